The second-order valence-corrected chi connectivity index (χ2v) is 17.1. The van der Waals surface area contributed by atoms with Crippen LogP contribution >= 0.6 is 11.3 Å². The van der Waals surface area contributed by atoms with Crippen molar-refractivity contribution in [3.05, 3.63) is 83.1 Å². The number of hydrogen-bond acceptors (Lipinski definition) is 10. The molecule has 4 rings (SSSR count). The maximum atomic E-state index is 14.3. The zero-order valence-electron chi connectivity index (χ0n) is 33.6. The van der Waals surface area contributed by atoms with Gasteiger partial charge in [-0.05, 0) is 87.8 Å². The average Bonchev–Trinajstić information content (AvgIpc) is 3.74. The number of amides is 3. The molecule has 13 nitrogen and oxygen atoms in total. The van der Waals surface area contributed by atoms with Crippen molar-refractivity contribution in [2.45, 2.75) is 104 Å². The number of nitrogens with zero attached hydrogens (tertiary/aromatic N) is 3. The Hall–Kier alpha value is -4.95. The van der Waals surface area contributed by atoms with E-state index in [2.05, 4.69) is 34.3 Å². The van der Waals surface area contributed by atoms with E-state index >= 15 is 0 Å². The standard InChI is InChI=1S/C42H57N5O8S/c1-27(43-23-29-12-14-30(15-13-29)36-28(2)44-26-56-36)34-22-32(48)24-47(34)38(50)37(41(3,4)5)45-35(49)25-46(40(53)55-42(6,7)8)20-10-9-11-21-54-33-18-16-31(17-19-33)39(51)52/h12-19,26,32,34,37,43,48H,1,9-11,20-25H2,2-8H3,(H,45,49)(H,51,52)/t32-,34+,37-/m1/s1. The highest BCUT2D eigenvalue weighted by Gasteiger charge is 2.43. The lowest BCUT2D eigenvalue weighted by molar-refractivity contribution is -0.140. The van der Waals surface area contributed by atoms with Gasteiger partial charge < -0.3 is 35.2 Å². The number of aryl methyl sites for hydroxylation is 1. The number of aliphatic hydroxyl groups is 1. The van der Waals surface area contributed by atoms with Crippen LogP contribution in [0.2, 0.25) is 0 Å². The lowest BCUT2D eigenvalue weighted by atomic mass is 9.85. The van der Waals surface area contributed by atoms with Crippen LogP contribution in [0.1, 0.15) is 88.8 Å². The van der Waals surface area contributed by atoms with Crippen molar-refractivity contribution in [2.24, 2.45) is 5.41 Å². The molecule has 1 aliphatic heterocycles. The summed E-state index contributed by atoms with van der Waals surface area (Å²) < 4.78 is 11.3. The van der Waals surface area contributed by atoms with Crippen molar-refractivity contribution in [2.75, 3.05) is 26.2 Å². The molecule has 56 heavy (non-hydrogen) atoms. The number of nitrogens with one attached hydrogen (secondary N) is 2. The fourth-order valence-corrected chi connectivity index (χ4v) is 7.11. The summed E-state index contributed by atoms with van der Waals surface area (Å²) in [5.74, 6) is -1.31. The number of aromatic nitrogens is 1. The topological polar surface area (TPSA) is 171 Å². The van der Waals surface area contributed by atoms with Crippen LogP contribution < -0.4 is 15.4 Å². The Bertz CT molecular complexity index is 1810. The average molecular weight is 792 g/mol. The minimum Gasteiger partial charge on any atom is -0.494 e. The first-order chi connectivity index (χ1) is 26.3. The third kappa shape index (κ3) is 12.8. The van der Waals surface area contributed by atoms with Crippen LogP contribution in [0.3, 0.4) is 0 Å². The first-order valence-electron chi connectivity index (χ1n) is 19.0. The monoisotopic (exact) mass is 791 g/mol. The predicted octanol–water partition coefficient (Wildman–Crippen LogP) is 6.40. The Balaban J connectivity index is 1.35. The SMILES string of the molecule is C=C(NCc1ccc(-c2scnc2C)cc1)[C@@H]1C[C@@H](O)CN1C(=O)[C@@H](NC(=O)CN(CCCCCOc1ccc(C(=O)O)cc1)C(=O)OC(C)(C)C)C(C)(C)C. The number of unbranched alkanes of at least 4 members (excludes halogenated alkanes) is 2. The van der Waals surface area contributed by atoms with Gasteiger partial charge in [-0.2, -0.15) is 0 Å². The molecular weight excluding hydrogens is 735 g/mol. The normalized spacial score (nSPS) is 16.2. The van der Waals surface area contributed by atoms with Crippen LogP contribution in [-0.4, -0.2) is 98.9 Å². The summed E-state index contributed by atoms with van der Waals surface area (Å²) in [6, 6.07) is 12.9. The summed E-state index contributed by atoms with van der Waals surface area (Å²) in [6.07, 6.45) is 0.823. The molecular formula is C42H57N5O8S. The van der Waals surface area contributed by atoms with Gasteiger partial charge in [-0.25, -0.2) is 14.6 Å². The molecule has 0 unspecified atom stereocenters. The maximum Gasteiger partial charge on any atom is 0.410 e. The van der Waals surface area contributed by atoms with Crippen LogP contribution in [0, 0.1) is 12.3 Å². The molecule has 0 saturated carbocycles. The van der Waals surface area contributed by atoms with Gasteiger partial charge in [0.05, 0.1) is 40.4 Å². The molecule has 3 aromatic rings. The highest BCUT2D eigenvalue weighted by molar-refractivity contribution is 7.13. The number of carbonyl (C=O) groups excluding carboxylic acids is 3. The van der Waals surface area contributed by atoms with Gasteiger partial charge in [-0.15, -0.1) is 11.3 Å². The van der Waals surface area contributed by atoms with E-state index in [1.54, 1.807) is 49.1 Å². The highest BCUT2D eigenvalue weighted by Crippen LogP contribution is 2.30. The number of benzene rings is 2. The number of likely N-dealkylation sites (tertiary alicyclic amines) is 1. The number of carboxylic acid groups (broad SMARTS) is 1. The summed E-state index contributed by atoms with van der Waals surface area (Å²) in [4.78, 5) is 60.6. The highest BCUT2D eigenvalue weighted by atomic mass is 32.1. The Morgan fingerprint density at radius 1 is 1.02 bits per heavy atom. The zero-order valence-corrected chi connectivity index (χ0v) is 34.4. The Kier molecular flexibility index (Phi) is 15.1. The summed E-state index contributed by atoms with van der Waals surface area (Å²) in [6.45, 7) is 17.9. The van der Waals surface area contributed by atoms with Crippen molar-refractivity contribution in [3.8, 4) is 16.2 Å². The second-order valence-electron chi connectivity index (χ2n) is 16.2. The van der Waals surface area contributed by atoms with Gasteiger partial charge in [0.25, 0.3) is 0 Å². The van der Waals surface area contributed by atoms with Gasteiger partial charge in [0, 0.05) is 31.8 Å². The molecule has 0 spiro atoms. The molecule has 4 N–H and O–H groups in total. The molecule has 304 valence electrons. The van der Waals surface area contributed by atoms with Crippen molar-refractivity contribution < 1.29 is 38.9 Å². The lowest BCUT2D eigenvalue weighted by Crippen LogP contribution is -2.58. The molecule has 1 aliphatic rings. The zero-order chi connectivity index (χ0) is 41.2. The van der Waals surface area contributed by atoms with E-state index in [4.69, 9.17) is 14.6 Å². The molecule has 0 radical (unpaired) electrons. The smallest absolute Gasteiger partial charge is 0.410 e. The first-order valence-corrected chi connectivity index (χ1v) is 19.8. The minimum absolute atomic E-state index is 0.0942. The molecule has 3 atom stereocenters. The van der Waals surface area contributed by atoms with Crippen LogP contribution in [0.15, 0.2) is 66.3 Å². The van der Waals surface area contributed by atoms with Gasteiger partial charge in [-0.3, -0.25) is 14.5 Å². The molecule has 14 heteroatoms. The van der Waals surface area contributed by atoms with Gasteiger partial charge in [0.15, 0.2) is 0 Å². The van der Waals surface area contributed by atoms with Crippen LogP contribution in [0.5, 0.6) is 5.75 Å². The largest absolute Gasteiger partial charge is 0.494 e. The maximum absolute atomic E-state index is 14.3. The summed E-state index contributed by atoms with van der Waals surface area (Å²) >= 11 is 1.60. The second kappa shape index (κ2) is 19.3. The number of β-amino-alcohol motifs (C(OH)–C–C–N with tert-alkyl or cyclic N) is 1. The number of hydrogen-bond donors (Lipinski definition) is 4. The van der Waals surface area contributed by atoms with E-state index in [0.29, 0.717) is 50.3 Å². The number of ether oxygens (including phenoxy) is 2. The van der Waals surface area contributed by atoms with Crippen LogP contribution in [0.25, 0.3) is 10.4 Å². The van der Waals surface area contributed by atoms with Gasteiger partial charge in [-0.1, -0.05) is 51.6 Å². The van der Waals surface area contributed by atoms with E-state index < -0.39 is 47.2 Å². The molecule has 1 aromatic heterocycles. The summed E-state index contributed by atoms with van der Waals surface area (Å²) in [7, 11) is 0. The Morgan fingerprint density at radius 3 is 2.29 bits per heavy atom. The van der Waals surface area contributed by atoms with Gasteiger partial charge in [0.1, 0.15) is 23.9 Å². The summed E-state index contributed by atoms with van der Waals surface area (Å²) in [5.41, 5.74) is 4.22. The minimum atomic E-state index is -1.01. The van der Waals surface area contributed by atoms with E-state index in [0.717, 1.165) is 21.7 Å². The van der Waals surface area contributed by atoms with Gasteiger partial charge >= 0.3 is 12.1 Å². The molecule has 2 aromatic carbocycles. The van der Waals surface area contributed by atoms with E-state index in [9.17, 15) is 24.3 Å². The number of aliphatic hydroxyl groups excluding tert-OH is 1. The number of rotatable bonds is 17. The molecule has 3 amide bonds. The Morgan fingerprint density at radius 2 is 1.70 bits per heavy atom. The summed E-state index contributed by atoms with van der Waals surface area (Å²) in [5, 5.41) is 26.0. The fraction of sp³-hybridized carbons (Fsp3) is 0.500. The van der Waals surface area contributed by atoms with E-state index in [1.165, 1.54) is 17.0 Å². The third-order valence-electron chi connectivity index (χ3n) is 9.29. The van der Waals surface area contributed by atoms with E-state index in [1.807, 2.05) is 45.3 Å². The number of aromatic carboxylic acids is 1. The van der Waals surface area contributed by atoms with Crippen molar-refractivity contribution in [1.82, 2.24) is 25.4 Å². The molecule has 0 bridgehead atoms. The third-order valence-corrected chi connectivity index (χ3v) is 10.3. The molecule has 2 heterocycles. The predicted molar refractivity (Wildman–Crippen MR) is 216 cm³/mol. The van der Waals surface area contributed by atoms with Crippen molar-refractivity contribution in [1.29, 1.82) is 0 Å². The number of carbonyl (C=O) groups is 4. The first kappa shape index (κ1) is 43.8. The lowest BCUT2D eigenvalue weighted by Gasteiger charge is -2.36. The Labute approximate surface area is 334 Å². The van der Waals surface area contributed by atoms with Crippen molar-refractivity contribution in [3.63, 3.8) is 0 Å². The van der Waals surface area contributed by atoms with Crippen LogP contribution in [-0.2, 0) is 20.9 Å². The fourth-order valence-electron chi connectivity index (χ4n) is 6.30. The molecule has 1 fully saturated rings. The van der Waals surface area contributed by atoms with Crippen molar-refractivity contribution >= 4 is 35.2 Å². The van der Waals surface area contributed by atoms with Crippen LogP contribution in [0.4, 0.5) is 4.79 Å². The van der Waals surface area contributed by atoms with E-state index in [-0.39, 0.29) is 31.1 Å². The molecule has 0 aliphatic carbocycles. The quantitative estimate of drug-likeness (QED) is 0.112. The molecule has 1 saturated heterocycles. The number of thiazole rings is 1. The van der Waals surface area contributed by atoms with Gasteiger partial charge in [0.2, 0.25) is 11.8 Å². The number of carboxylic acids is 1.